The third kappa shape index (κ3) is 4.74. The SMILES string of the molecule is CCOc1ccc(C(C)NC(=O)CNC)cc1OCC. The van der Waals surface area contributed by atoms with Crippen molar-refractivity contribution in [2.24, 2.45) is 0 Å². The second kappa shape index (κ2) is 8.43. The number of carbonyl (C=O) groups is 1. The van der Waals surface area contributed by atoms with Gasteiger partial charge in [-0.3, -0.25) is 4.79 Å². The summed E-state index contributed by atoms with van der Waals surface area (Å²) in [5.74, 6) is 1.40. The number of carbonyl (C=O) groups excluding carboxylic acids is 1. The van der Waals surface area contributed by atoms with Gasteiger partial charge in [0, 0.05) is 0 Å². The van der Waals surface area contributed by atoms with Gasteiger partial charge in [-0.2, -0.15) is 0 Å². The fourth-order valence-corrected chi connectivity index (χ4v) is 1.87. The summed E-state index contributed by atoms with van der Waals surface area (Å²) in [6.07, 6.45) is 0. The second-order valence-corrected chi connectivity index (χ2v) is 4.39. The van der Waals surface area contributed by atoms with E-state index in [1.54, 1.807) is 7.05 Å². The molecule has 5 heteroatoms. The van der Waals surface area contributed by atoms with E-state index >= 15 is 0 Å². The van der Waals surface area contributed by atoms with Crippen molar-refractivity contribution in [3.8, 4) is 11.5 Å². The van der Waals surface area contributed by atoms with Gasteiger partial charge in [-0.1, -0.05) is 6.07 Å². The van der Waals surface area contributed by atoms with Crippen molar-refractivity contribution in [3.05, 3.63) is 23.8 Å². The standard InChI is InChI=1S/C15H24N2O3/c1-5-19-13-8-7-12(9-14(13)20-6-2)11(3)17-15(18)10-16-4/h7-9,11,16H,5-6,10H2,1-4H3,(H,17,18). The Morgan fingerprint density at radius 1 is 1.20 bits per heavy atom. The Morgan fingerprint density at radius 2 is 1.85 bits per heavy atom. The van der Waals surface area contributed by atoms with E-state index in [9.17, 15) is 4.79 Å². The van der Waals surface area contributed by atoms with Crippen LogP contribution in [0.2, 0.25) is 0 Å². The minimum atomic E-state index is -0.0780. The highest BCUT2D eigenvalue weighted by Crippen LogP contribution is 2.30. The molecule has 20 heavy (non-hydrogen) atoms. The summed E-state index contributed by atoms with van der Waals surface area (Å²) in [7, 11) is 1.74. The average Bonchev–Trinajstić information content (AvgIpc) is 2.41. The van der Waals surface area contributed by atoms with E-state index in [1.165, 1.54) is 0 Å². The van der Waals surface area contributed by atoms with E-state index in [0.29, 0.717) is 25.5 Å². The van der Waals surface area contributed by atoms with Gasteiger partial charge in [-0.05, 0) is 45.5 Å². The first-order valence-corrected chi connectivity index (χ1v) is 6.95. The number of ether oxygens (including phenoxy) is 2. The lowest BCUT2D eigenvalue weighted by atomic mass is 10.1. The van der Waals surface area contributed by atoms with Crippen molar-refractivity contribution in [1.82, 2.24) is 10.6 Å². The lowest BCUT2D eigenvalue weighted by Gasteiger charge is -2.17. The molecule has 0 saturated carbocycles. The number of likely N-dealkylation sites (N-methyl/N-ethyl adjacent to an activating group) is 1. The Hall–Kier alpha value is -1.75. The number of hydrogen-bond acceptors (Lipinski definition) is 4. The van der Waals surface area contributed by atoms with Gasteiger partial charge in [0.25, 0.3) is 0 Å². The van der Waals surface area contributed by atoms with Gasteiger partial charge < -0.3 is 20.1 Å². The average molecular weight is 280 g/mol. The van der Waals surface area contributed by atoms with E-state index < -0.39 is 0 Å². The summed E-state index contributed by atoms with van der Waals surface area (Å²) in [4.78, 5) is 11.6. The van der Waals surface area contributed by atoms with Crippen LogP contribution >= 0.6 is 0 Å². The highest BCUT2D eigenvalue weighted by atomic mass is 16.5. The van der Waals surface area contributed by atoms with Crippen LogP contribution in [0.25, 0.3) is 0 Å². The first-order valence-electron chi connectivity index (χ1n) is 6.95. The summed E-state index contributed by atoms with van der Waals surface area (Å²) >= 11 is 0. The molecule has 1 aromatic rings. The maximum atomic E-state index is 11.6. The van der Waals surface area contributed by atoms with Crippen LogP contribution in [0, 0.1) is 0 Å². The Kier molecular flexibility index (Phi) is 6.87. The summed E-state index contributed by atoms with van der Waals surface area (Å²) < 4.78 is 11.1. The lowest BCUT2D eigenvalue weighted by Crippen LogP contribution is -2.33. The number of amides is 1. The van der Waals surface area contributed by atoms with Crippen LogP contribution in [0.1, 0.15) is 32.4 Å². The summed E-state index contributed by atoms with van der Waals surface area (Å²) in [5, 5.41) is 5.75. The molecule has 1 amide bonds. The normalized spacial score (nSPS) is 11.8. The first-order chi connectivity index (χ1) is 9.62. The molecule has 1 rings (SSSR count). The molecule has 1 aromatic carbocycles. The molecule has 0 fully saturated rings. The number of hydrogen-bond donors (Lipinski definition) is 2. The lowest BCUT2D eigenvalue weighted by molar-refractivity contribution is -0.120. The van der Waals surface area contributed by atoms with Crippen molar-refractivity contribution in [2.75, 3.05) is 26.8 Å². The highest BCUT2D eigenvalue weighted by Gasteiger charge is 2.12. The Labute approximate surface area is 120 Å². The van der Waals surface area contributed by atoms with Crippen LogP contribution in [0.15, 0.2) is 18.2 Å². The predicted molar refractivity (Wildman–Crippen MR) is 79.3 cm³/mol. The largest absolute Gasteiger partial charge is 0.490 e. The maximum Gasteiger partial charge on any atom is 0.234 e. The van der Waals surface area contributed by atoms with Crippen LogP contribution in [-0.4, -0.2) is 32.7 Å². The van der Waals surface area contributed by atoms with Crippen molar-refractivity contribution in [3.63, 3.8) is 0 Å². The topological polar surface area (TPSA) is 59.6 Å². The van der Waals surface area contributed by atoms with Gasteiger partial charge in [0.05, 0.1) is 25.8 Å². The molecule has 0 saturated heterocycles. The molecule has 1 atom stereocenters. The summed E-state index contributed by atoms with van der Waals surface area (Å²) in [6, 6.07) is 5.66. The van der Waals surface area contributed by atoms with Crippen LogP contribution in [0.3, 0.4) is 0 Å². The van der Waals surface area contributed by atoms with Crippen molar-refractivity contribution < 1.29 is 14.3 Å². The number of benzene rings is 1. The molecular formula is C15H24N2O3. The highest BCUT2D eigenvalue weighted by molar-refractivity contribution is 5.78. The molecule has 0 radical (unpaired) electrons. The zero-order chi connectivity index (χ0) is 15.0. The maximum absolute atomic E-state index is 11.6. The fraction of sp³-hybridized carbons (Fsp3) is 0.533. The molecule has 0 heterocycles. The van der Waals surface area contributed by atoms with Gasteiger partial charge >= 0.3 is 0 Å². The van der Waals surface area contributed by atoms with Crippen molar-refractivity contribution >= 4 is 5.91 Å². The van der Waals surface area contributed by atoms with E-state index in [0.717, 1.165) is 11.3 Å². The minimum absolute atomic E-state index is 0.0353. The quantitative estimate of drug-likeness (QED) is 0.763. The fourth-order valence-electron chi connectivity index (χ4n) is 1.87. The van der Waals surface area contributed by atoms with E-state index in [4.69, 9.17) is 9.47 Å². The molecule has 0 spiro atoms. The molecule has 0 aliphatic rings. The van der Waals surface area contributed by atoms with E-state index in [-0.39, 0.29) is 11.9 Å². The molecule has 5 nitrogen and oxygen atoms in total. The van der Waals surface area contributed by atoms with Crippen LogP contribution in [0.4, 0.5) is 0 Å². The molecule has 0 bridgehead atoms. The number of rotatable bonds is 8. The van der Waals surface area contributed by atoms with Crippen molar-refractivity contribution in [1.29, 1.82) is 0 Å². The second-order valence-electron chi connectivity index (χ2n) is 4.39. The predicted octanol–water partition coefficient (Wildman–Crippen LogP) is 1.88. The Balaban J connectivity index is 2.84. The molecule has 0 aliphatic carbocycles. The van der Waals surface area contributed by atoms with Crippen LogP contribution < -0.4 is 20.1 Å². The zero-order valence-corrected chi connectivity index (χ0v) is 12.7. The molecule has 112 valence electrons. The first kappa shape index (κ1) is 16.3. The monoisotopic (exact) mass is 280 g/mol. The smallest absolute Gasteiger partial charge is 0.234 e. The molecule has 2 N–H and O–H groups in total. The van der Waals surface area contributed by atoms with E-state index in [1.807, 2.05) is 39.0 Å². The molecule has 0 aromatic heterocycles. The third-order valence-corrected chi connectivity index (χ3v) is 2.78. The molecule has 1 unspecified atom stereocenters. The molecular weight excluding hydrogens is 256 g/mol. The Bertz CT molecular complexity index is 435. The van der Waals surface area contributed by atoms with Crippen molar-refractivity contribution in [2.45, 2.75) is 26.8 Å². The van der Waals surface area contributed by atoms with Gasteiger partial charge in [0.15, 0.2) is 11.5 Å². The summed E-state index contributed by atoms with van der Waals surface area (Å²) in [5.41, 5.74) is 0.987. The number of nitrogens with one attached hydrogen (secondary N) is 2. The Morgan fingerprint density at radius 3 is 2.45 bits per heavy atom. The van der Waals surface area contributed by atoms with Gasteiger partial charge in [0.2, 0.25) is 5.91 Å². The summed E-state index contributed by atoms with van der Waals surface area (Å²) in [6.45, 7) is 7.28. The van der Waals surface area contributed by atoms with Gasteiger partial charge in [-0.25, -0.2) is 0 Å². The van der Waals surface area contributed by atoms with E-state index in [2.05, 4.69) is 10.6 Å². The zero-order valence-electron chi connectivity index (χ0n) is 12.7. The van der Waals surface area contributed by atoms with Gasteiger partial charge in [0.1, 0.15) is 0 Å². The minimum Gasteiger partial charge on any atom is -0.490 e. The van der Waals surface area contributed by atoms with Crippen LogP contribution in [-0.2, 0) is 4.79 Å². The van der Waals surface area contributed by atoms with Crippen LogP contribution in [0.5, 0.6) is 11.5 Å². The molecule has 0 aliphatic heterocycles. The van der Waals surface area contributed by atoms with Gasteiger partial charge in [-0.15, -0.1) is 0 Å². The third-order valence-electron chi connectivity index (χ3n) is 2.78.